The Bertz CT molecular complexity index is 1540. The van der Waals surface area contributed by atoms with Crippen LogP contribution in [-0.2, 0) is 7.05 Å². The molecule has 10 heteroatoms. The van der Waals surface area contributed by atoms with Crippen LogP contribution in [0.15, 0.2) is 55.4 Å². The largest absolute Gasteiger partial charge is 0.385 e. The number of primary amides is 1. The Morgan fingerprint density at radius 2 is 2.00 bits per heavy atom. The number of amides is 1. The van der Waals surface area contributed by atoms with Crippen molar-refractivity contribution in [2.45, 2.75) is 26.7 Å². The lowest BCUT2D eigenvalue weighted by Crippen LogP contribution is -2.15. The van der Waals surface area contributed by atoms with Gasteiger partial charge in [-0.2, -0.15) is 10.2 Å². The maximum absolute atomic E-state index is 11.9. The lowest BCUT2D eigenvalue weighted by molar-refractivity contribution is 0.100. The second kappa shape index (κ2) is 8.71. The summed E-state index contributed by atoms with van der Waals surface area (Å²) in [6.45, 7) is 6.84. The minimum atomic E-state index is -0.481. The molecule has 0 bridgehead atoms. The van der Waals surface area contributed by atoms with Crippen LogP contribution in [0.3, 0.4) is 0 Å². The number of carbonyl (C=O) groups excluding carboxylic acids is 1. The molecule has 1 amide bonds. The minimum absolute atomic E-state index is 0.154. The molecule has 5 rings (SSSR count). The maximum atomic E-state index is 11.9. The molecule has 0 atom stereocenters. The van der Waals surface area contributed by atoms with Gasteiger partial charge in [0.1, 0.15) is 0 Å². The first-order valence-corrected chi connectivity index (χ1v) is 11.5. The zero-order chi connectivity index (χ0) is 24.7. The van der Waals surface area contributed by atoms with Gasteiger partial charge in [-0.25, -0.2) is 14.6 Å². The maximum Gasteiger partial charge on any atom is 0.250 e. The second-order valence-electron chi connectivity index (χ2n) is 8.67. The number of benzene rings is 1. The van der Waals surface area contributed by atoms with E-state index >= 15 is 0 Å². The zero-order valence-electron chi connectivity index (χ0n) is 20.1. The standard InChI is InChI=1S/C25H27N9O/c1-5-27-19-10-17(6-7-18(19)24(26)35)34-25-22(23(31-34)15(2)3)21(8-9-28-25)33-13-20(29-14-33)16-11-30-32(4)12-16/h6-15,27H,5H2,1-4H3,(H2,26,35). The number of pyridine rings is 1. The van der Waals surface area contributed by atoms with Gasteiger partial charge >= 0.3 is 0 Å². The number of carbonyl (C=O) groups is 1. The van der Waals surface area contributed by atoms with Crippen molar-refractivity contribution in [3.8, 4) is 22.6 Å². The van der Waals surface area contributed by atoms with E-state index in [-0.39, 0.29) is 5.92 Å². The summed E-state index contributed by atoms with van der Waals surface area (Å²) in [5.41, 5.74) is 11.8. The van der Waals surface area contributed by atoms with Crippen molar-refractivity contribution < 1.29 is 4.79 Å². The number of imidazole rings is 1. The molecule has 178 valence electrons. The molecule has 0 radical (unpaired) electrons. The first kappa shape index (κ1) is 22.3. The van der Waals surface area contributed by atoms with Gasteiger partial charge in [-0.05, 0) is 37.1 Å². The molecular formula is C25H27N9O. The van der Waals surface area contributed by atoms with Crippen molar-refractivity contribution in [1.82, 2.24) is 34.1 Å². The third-order valence-corrected chi connectivity index (χ3v) is 5.86. The van der Waals surface area contributed by atoms with Gasteiger partial charge in [0.15, 0.2) is 5.65 Å². The van der Waals surface area contributed by atoms with Crippen LogP contribution >= 0.6 is 0 Å². The molecule has 0 fully saturated rings. The number of nitrogens with one attached hydrogen (secondary N) is 1. The molecule has 0 spiro atoms. The van der Waals surface area contributed by atoms with Crippen molar-refractivity contribution in [3.63, 3.8) is 0 Å². The van der Waals surface area contributed by atoms with E-state index in [1.807, 2.05) is 53.8 Å². The molecule has 5 aromatic rings. The van der Waals surface area contributed by atoms with Crippen molar-refractivity contribution in [2.24, 2.45) is 12.8 Å². The molecule has 0 aliphatic carbocycles. The highest BCUT2D eigenvalue weighted by Crippen LogP contribution is 2.32. The summed E-state index contributed by atoms with van der Waals surface area (Å²) in [5, 5.41) is 13.4. The van der Waals surface area contributed by atoms with Gasteiger partial charge in [-0.3, -0.25) is 9.48 Å². The van der Waals surface area contributed by atoms with E-state index in [0.717, 1.165) is 39.4 Å². The Morgan fingerprint density at radius 1 is 1.17 bits per heavy atom. The summed E-state index contributed by atoms with van der Waals surface area (Å²) >= 11 is 0. The number of hydrogen-bond acceptors (Lipinski definition) is 6. The fourth-order valence-electron chi connectivity index (χ4n) is 4.22. The van der Waals surface area contributed by atoms with E-state index < -0.39 is 5.91 Å². The molecule has 0 aliphatic rings. The van der Waals surface area contributed by atoms with E-state index in [1.54, 1.807) is 29.5 Å². The summed E-state index contributed by atoms with van der Waals surface area (Å²) in [5.74, 6) is -0.327. The van der Waals surface area contributed by atoms with Crippen LogP contribution in [-0.4, -0.2) is 46.5 Å². The van der Waals surface area contributed by atoms with E-state index in [2.05, 4.69) is 34.2 Å². The van der Waals surface area contributed by atoms with Gasteiger partial charge in [-0.1, -0.05) is 13.8 Å². The third-order valence-electron chi connectivity index (χ3n) is 5.86. The molecule has 0 aliphatic heterocycles. The third kappa shape index (κ3) is 3.92. The van der Waals surface area contributed by atoms with Crippen LogP contribution in [0.5, 0.6) is 0 Å². The van der Waals surface area contributed by atoms with Crippen LogP contribution in [0.25, 0.3) is 33.7 Å². The van der Waals surface area contributed by atoms with Crippen molar-refractivity contribution in [2.75, 3.05) is 11.9 Å². The number of nitrogens with two attached hydrogens (primary N) is 1. The first-order valence-electron chi connectivity index (χ1n) is 11.5. The molecule has 35 heavy (non-hydrogen) atoms. The topological polar surface area (TPSA) is 121 Å². The average Bonchev–Trinajstić information content (AvgIpc) is 3.57. The van der Waals surface area contributed by atoms with Crippen molar-refractivity contribution >= 4 is 22.6 Å². The minimum Gasteiger partial charge on any atom is -0.385 e. The van der Waals surface area contributed by atoms with Gasteiger partial charge in [0.25, 0.3) is 5.91 Å². The molecule has 10 nitrogen and oxygen atoms in total. The van der Waals surface area contributed by atoms with Gasteiger partial charge in [0, 0.05) is 43.4 Å². The first-order chi connectivity index (χ1) is 16.9. The van der Waals surface area contributed by atoms with Crippen LogP contribution in [0.2, 0.25) is 0 Å². The molecule has 4 aromatic heterocycles. The Labute approximate surface area is 202 Å². The number of hydrogen-bond donors (Lipinski definition) is 2. The highest BCUT2D eigenvalue weighted by atomic mass is 16.1. The van der Waals surface area contributed by atoms with Gasteiger partial charge in [0.05, 0.1) is 46.2 Å². The van der Waals surface area contributed by atoms with Crippen LogP contribution in [0.1, 0.15) is 42.7 Å². The fraction of sp³-hybridized carbons (Fsp3) is 0.240. The number of aryl methyl sites for hydroxylation is 1. The average molecular weight is 470 g/mol. The van der Waals surface area contributed by atoms with Crippen LogP contribution in [0.4, 0.5) is 5.69 Å². The highest BCUT2D eigenvalue weighted by molar-refractivity contribution is 5.99. The molecule has 3 N–H and O–H groups in total. The van der Waals surface area contributed by atoms with Crippen LogP contribution in [0, 0.1) is 0 Å². The van der Waals surface area contributed by atoms with Crippen LogP contribution < -0.4 is 11.1 Å². The normalized spacial score (nSPS) is 11.5. The number of anilines is 1. The van der Waals surface area contributed by atoms with E-state index in [4.69, 9.17) is 10.8 Å². The smallest absolute Gasteiger partial charge is 0.250 e. The Morgan fingerprint density at radius 3 is 2.69 bits per heavy atom. The molecule has 0 saturated carbocycles. The van der Waals surface area contributed by atoms with Gasteiger partial charge in [-0.15, -0.1) is 0 Å². The van der Waals surface area contributed by atoms with E-state index in [1.165, 1.54) is 0 Å². The lowest BCUT2D eigenvalue weighted by Gasteiger charge is -2.11. The molecule has 1 aromatic carbocycles. The predicted molar refractivity (Wildman–Crippen MR) is 135 cm³/mol. The van der Waals surface area contributed by atoms with Gasteiger partial charge in [0.2, 0.25) is 0 Å². The summed E-state index contributed by atoms with van der Waals surface area (Å²) in [6, 6.07) is 7.41. The van der Waals surface area contributed by atoms with E-state index in [9.17, 15) is 4.79 Å². The van der Waals surface area contributed by atoms with Gasteiger partial charge < -0.3 is 15.6 Å². The SMILES string of the molecule is CCNc1cc(-n2nc(C(C)C)c3c(-n4cnc(-c5cnn(C)c5)c4)ccnc32)ccc1C(N)=O. The highest BCUT2D eigenvalue weighted by Gasteiger charge is 2.21. The van der Waals surface area contributed by atoms with Crippen molar-refractivity contribution in [3.05, 3.63) is 66.6 Å². The summed E-state index contributed by atoms with van der Waals surface area (Å²) in [6.07, 6.45) is 9.28. The summed E-state index contributed by atoms with van der Waals surface area (Å²) < 4.78 is 5.56. The quantitative estimate of drug-likeness (QED) is 0.375. The summed E-state index contributed by atoms with van der Waals surface area (Å²) in [7, 11) is 1.88. The lowest BCUT2D eigenvalue weighted by atomic mass is 10.1. The van der Waals surface area contributed by atoms with E-state index in [0.29, 0.717) is 17.8 Å². The molecular weight excluding hydrogens is 442 g/mol. The van der Waals surface area contributed by atoms with Crippen molar-refractivity contribution in [1.29, 1.82) is 0 Å². The number of fused-ring (bicyclic) bond motifs is 1. The predicted octanol–water partition coefficient (Wildman–Crippen LogP) is 3.66. The number of rotatable bonds is 7. The second-order valence-corrected chi connectivity index (χ2v) is 8.67. The number of aromatic nitrogens is 7. The molecule has 0 saturated heterocycles. The monoisotopic (exact) mass is 469 g/mol. The summed E-state index contributed by atoms with van der Waals surface area (Å²) in [4.78, 5) is 21.2. The Kier molecular flexibility index (Phi) is 5.56. The Hall–Kier alpha value is -4.47. The fourth-order valence-corrected chi connectivity index (χ4v) is 4.22. The Balaban J connectivity index is 1.68. The zero-order valence-corrected chi connectivity index (χ0v) is 20.1. The number of nitrogens with zero attached hydrogens (tertiary/aromatic N) is 7. The molecule has 0 unspecified atom stereocenters. The molecule has 4 heterocycles.